The van der Waals surface area contributed by atoms with Crippen LogP contribution in [0.2, 0.25) is 0 Å². The standard InChI is InChI=1S/C16H26N2O4/c1-3-5-14(19)18-7-4-6-13(18)15(20)17-9-11(2)8-12(10-17)16(21)22/h11-13H,3-10H2,1-2H3,(H,21,22). The number of carbonyl (C=O) groups is 3. The zero-order valence-corrected chi connectivity index (χ0v) is 13.5. The Kier molecular flexibility index (Phi) is 5.42. The molecule has 0 saturated carbocycles. The number of likely N-dealkylation sites (tertiary alicyclic amines) is 2. The van der Waals surface area contributed by atoms with E-state index in [4.69, 9.17) is 0 Å². The molecule has 3 atom stereocenters. The highest BCUT2D eigenvalue weighted by molar-refractivity contribution is 5.88. The van der Waals surface area contributed by atoms with Crippen LogP contribution in [0.25, 0.3) is 0 Å². The van der Waals surface area contributed by atoms with Crippen molar-refractivity contribution < 1.29 is 19.5 Å². The normalized spacial score (nSPS) is 28.7. The van der Waals surface area contributed by atoms with Gasteiger partial charge in [0.15, 0.2) is 0 Å². The molecule has 2 fully saturated rings. The summed E-state index contributed by atoms with van der Waals surface area (Å²) in [6.07, 6.45) is 3.40. The van der Waals surface area contributed by atoms with Crippen molar-refractivity contribution in [3.8, 4) is 0 Å². The fourth-order valence-corrected chi connectivity index (χ4v) is 3.60. The van der Waals surface area contributed by atoms with E-state index in [9.17, 15) is 19.5 Å². The predicted octanol–water partition coefficient (Wildman–Crippen LogP) is 1.35. The predicted molar refractivity (Wildman–Crippen MR) is 81.1 cm³/mol. The van der Waals surface area contributed by atoms with E-state index in [1.165, 1.54) is 0 Å². The highest BCUT2D eigenvalue weighted by Gasteiger charge is 2.39. The number of rotatable bonds is 4. The summed E-state index contributed by atoms with van der Waals surface area (Å²) in [6.45, 7) is 5.43. The zero-order chi connectivity index (χ0) is 16.3. The lowest BCUT2D eigenvalue weighted by molar-refractivity contribution is -0.150. The number of carboxylic acid groups (broad SMARTS) is 1. The molecule has 2 amide bonds. The highest BCUT2D eigenvalue weighted by Crippen LogP contribution is 2.26. The molecule has 0 aromatic rings. The molecule has 2 aliphatic heterocycles. The average Bonchev–Trinajstić information content (AvgIpc) is 2.95. The molecule has 0 bridgehead atoms. The van der Waals surface area contributed by atoms with Gasteiger partial charge >= 0.3 is 5.97 Å². The first-order chi connectivity index (χ1) is 10.4. The van der Waals surface area contributed by atoms with Gasteiger partial charge in [0, 0.05) is 26.1 Å². The van der Waals surface area contributed by atoms with Crippen molar-refractivity contribution in [2.75, 3.05) is 19.6 Å². The van der Waals surface area contributed by atoms with Crippen molar-refractivity contribution in [2.45, 2.75) is 52.0 Å². The van der Waals surface area contributed by atoms with Crippen LogP contribution >= 0.6 is 0 Å². The van der Waals surface area contributed by atoms with E-state index >= 15 is 0 Å². The van der Waals surface area contributed by atoms with Gasteiger partial charge in [-0.15, -0.1) is 0 Å². The van der Waals surface area contributed by atoms with Gasteiger partial charge in [-0.2, -0.15) is 0 Å². The molecule has 2 rings (SSSR count). The Balaban J connectivity index is 2.06. The van der Waals surface area contributed by atoms with Crippen LogP contribution in [0, 0.1) is 11.8 Å². The molecule has 2 heterocycles. The fourth-order valence-electron chi connectivity index (χ4n) is 3.60. The Morgan fingerprint density at radius 1 is 1.23 bits per heavy atom. The van der Waals surface area contributed by atoms with Crippen LogP contribution in [0.5, 0.6) is 0 Å². The maximum atomic E-state index is 12.8. The highest BCUT2D eigenvalue weighted by atomic mass is 16.4. The van der Waals surface area contributed by atoms with E-state index in [2.05, 4.69) is 0 Å². The average molecular weight is 310 g/mol. The minimum absolute atomic E-state index is 0.0400. The number of nitrogens with zero attached hydrogens (tertiary/aromatic N) is 2. The van der Waals surface area contributed by atoms with Gasteiger partial charge in [-0.1, -0.05) is 13.8 Å². The van der Waals surface area contributed by atoms with Crippen LogP contribution in [0.3, 0.4) is 0 Å². The Bertz CT molecular complexity index is 451. The van der Waals surface area contributed by atoms with Crippen molar-refractivity contribution in [3.63, 3.8) is 0 Å². The first kappa shape index (κ1) is 16.8. The minimum atomic E-state index is -0.838. The number of hydrogen-bond acceptors (Lipinski definition) is 3. The summed E-state index contributed by atoms with van der Waals surface area (Å²) >= 11 is 0. The third kappa shape index (κ3) is 3.59. The molecule has 1 N–H and O–H groups in total. The van der Waals surface area contributed by atoms with Crippen LogP contribution in [0.15, 0.2) is 0 Å². The second-order valence-corrected chi connectivity index (χ2v) is 6.61. The van der Waals surface area contributed by atoms with Crippen LogP contribution < -0.4 is 0 Å². The quantitative estimate of drug-likeness (QED) is 0.850. The van der Waals surface area contributed by atoms with Crippen LogP contribution in [0.4, 0.5) is 0 Å². The van der Waals surface area contributed by atoms with Crippen molar-refractivity contribution in [2.24, 2.45) is 11.8 Å². The first-order valence-electron chi connectivity index (χ1n) is 8.25. The molecule has 0 spiro atoms. The lowest BCUT2D eigenvalue weighted by Gasteiger charge is -2.37. The SMILES string of the molecule is CCCC(=O)N1CCCC1C(=O)N1CC(C)CC(C(=O)O)C1. The third-order valence-corrected chi connectivity index (χ3v) is 4.64. The van der Waals surface area contributed by atoms with Crippen molar-refractivity contribution in [1.29, 1.82) is 0 Å². The summed E-state index contributed by atoms with van der Waals surface area (Å²) in [5, 5.41) is 9.23. The van der Waals surface area contributed by atoms with Gasteiger partial charge in [-0.05, 0) is 31.6 Å². The van der Waals surface area contributed by atoms with E-state index in [1.54, 1.807) is 9.80 Å². The number of aliphatic carboxylic acids is 1. The zero-order valence-electron chi connectivity index (χ0n) is 13.5. The van der Waals surface area contributed by atoms with E-state index in [0.29, 0.717) is 32.4 Å². The number of amides is 2. The Labute approximate surface area is 131 Å². The monoisotopic (exact) mass is 310 g/mol. The molecule has 0 aliphatic carbocycles. The summed E-state index contributed by atoms with van der Waals surface area (Å²) in [7, 11) is 0. The Morgan fingerprint density at radius 2 is 1.95 bits per heavy atom. The molecule has 6 nitrogen and oxygen atoms in total. The number of piperidine rings is 1. The largest absolute Gasteiger partial charge is 0.481 e. The maximum Gasteiger partial charge on any atom is 0.308 e. The molecule has 2 aliphatic rings. The van der Waals surface area contributed by atoms with Gasteiger partial charge in [0.25, 0.3) is 0 Å². The van der Waals surface area contributed by atoms with E-state index in [1.807, 2.05) is 13.8 Å². The summed E-state index contributed by atoms with van der Waals surface area (Å²) in [5.41, 5.74) is 0. The van der Waals surface area contributed by atoms with Gasteiger partial charge in [0.1, 0.15) is 6.04 Å². The topological polar surface area (TPSA) is 77.9 Å². The molecule has 6 heteroatoms. The molecular formula is C16H26N2O4. The summed E-state index contributed by atoms with van der Waals surface area (Å²) in [6, 6.07) is -0.390. The van der Waals surface area contributed by atoms with Gasteiger partial charge in [-0.25, -0.2) is 0 Å². The molecule has 22 heavy (non-hydrogen) atoms. The second-order valence-electron chi connectivity index (χ2n) is 6.61. The van der Waals surface area contributed by atoms with Crippen LogP contribution in [-0.2, 0) is 14.4 Å². The van der Waals surface area contributed by atoms with E-state index < -0.39 is 17.9 Å². The van der Waals surface area contributed by atoms with Gasteiger partial charge in [-0.3, -0.25) is 14.4 Å². The van der Waals surface area contributed by atoms with Gasteiger partial charge < -0.3 is 14.9 Å². The molecule has 0 aromatic heterocycles. The number of hydrogen-bond donors (Lipinski definition) is 1. The van der Waals surface area contributed by atoms with Crippen molar-refractivity contribution in [1.82, 2.24) is 9.80 Å². The third-order valence-electron chi connectivity index (χ3n) is 4.64. The lowest BCUT2D eigenvalue weighted by atomic mass is 9.90. The van der Waals surface area contributed by atoms with Crippen molar-refractivity contribution >= 4 is 17.8 Å². The summed E-state index contributed by atoms with van der Waals surface area (Å²) in [4.78, 5) is 39.5. The molecule has 0 aromatic carbocycles. The number of carboxylic acids is 1. The Hall–Kier alpha value is -1.59. The van der Waals surface area contributed by atoms with Crippen LogP contribution in [-0.4, -0.2) is 58.4 Å². The molecule has 2 saturated heterocycles. The first-order valence-corrected chi connectivity index (χ1v) is 8.25. The second kappa shape index (κ2) is 7.11. The molecule has 124 valence electrons. The van der Waals surface area contributed by atoms with Gasteiger partial charge in [0.05, 0.1) is 5.92 Å². The minimum Gasteiger partial charge on any atom is -0.481 e. The summed E-state index contributed by atoms with van der Waals surface area (Å²) in [5.74, 6) is -1.18. The van der Waals surface area contributed by atoms with Gasteiger partial charge in [0.2, 0.25) is 11.8 Å². The lowest BCUT2D eigenvalue weighted by Crippen LogP contribution is -2.52. The summed E-state index contributed by atoms with van der Waals surface area (Å²) < 4.78 is 0. The number of carbonyl (C=O) groups excluding carboxylic acids is 2. The fraction of sp³-hybridized carbons (Fsp3) is 0.812. The molecule has 3 unspecified atom stereocenters. The molecular weight excluding hydrogens is 284 g/mol. The van der Waals surface area contributed by atoms with Crippen molar-refractivity contribution in [3.05, 3.63) is 0 Å². The maximum absolute atomic E-state index is 12.8. The smallest absolute Gasteiger partial charge is 0.308 e. The van der Waals surface area contributed by atoms with E-state index in [-0.39, 0.29) is 24.3 Å². The molecule has 0 radical (unpaired) electrons. The van der Waals surface area contributed by atoms with E-state index in [0.717, 1.165) is 12.8 Å². The van der Waals surface area contributed by atoms with Crippen LogP contribution in [0.1, 0.15) is 46.0 Å². The Morgan fingerprint density at radius 3 is 2.59 bits per heavy atom.